The number of Topliss-reactive ketones (excluding diaryl/α,β-unsaturated/α-hetero) is 1. The number of hydrogen-bond acceptors (Lipinski definition) is 7. The third-order valence-electron chi connectivity index (χ3n) is 3.21. The van der Waals surface area contributed by atoms with Crippen LogP contribution < -0.4 is 4.74 Å². The molecular weight excluding hydrogens is 330 g/mol. The van der Waals surface area contributed by atoms with Crippen molar-refractivity contribution < 1.29 is 28.4 Å². The molecule has 0 amide bonds. The van der Waals surface area contributed by atoms with Crippen molar-refractivity contribution in [3.63, 3.8) is 0 Å². The first-order valence-corrected chi connectivity index (χ1v) is 7.22. The van der Waals surface area contributed by atoms with Gasteiger partial charge in [0.05, 0.1) is 13.2 Å². The number of carbonyl (C=O) groups excluding carboxylic acids is 2. The summed E-state index contributed by atoms with van der Waals surface area (Å²) < 4.78 is 14.9. The lowest BCUT2D eigenvalue weighted by molar-refractivity contribution is -0.402. The van der Waals surface area contributed by atoms with Crippen LogP contribution in [0.5, 0.6) is 5.75 Å². The minimum atomic E-state index is -0.989. The molecule has 0 unspecified atom stereocenters. The van der Waals surface area contributed by atoms with Crippen molar-refractivity contribution in [1.29, 1.82) is 0 Å². The Balaban J connectivity index is 1.94. The third-order valence-corrected chi connectivity index (χ3v) is 3.21. The minimum absolute atomic E-state index is 0.123. The molecule has 1 heterocycles. The number of nitro groups is 1. The second-order valence-corrected chi connectivity index (χ2v) is 4.94. The zero-order chi connectivity index (χ0) is 18.4. The molecule has 0 N–H and O–H groups in total. The number of furan rings is 1. The van der Waals surface area contributed by atoms with E-state index < -0.39 is 22.9 Å². The van der Waals surface area contributed by atoms with Gasteiger partial charge in [-0.2, -0.15) is 0 Å². The van der Waals surface area contributed by atoms with E-state index in [1.54, 1.807) is 24.3 Å². The van der Waals surface area contributed by atoms with Crippen molar-refractivity contribution in [3.05, 3.63) is 63.9 Å². The van der Waals surface area contributed by atoms with Gasteiger partial charge < -0.3 is 13.9 Å². The Labute approximate surface area is 142 Å². The second-order valence-electron chi connectivity index (χ2n) is 4.94. The van der Waals surface area contributed by atoms with Crippen LogP contribution in [0.25, 0.3) is 6.08 Å². The summed E-state index contributed by atoms with van der Waals surface area (Å²) in [6, 6.07) is 8.91. The summed E-state index contributed by atoms with van der Waals surface area (Å²) in [6.45, 7) is 1.45. The highest BCUT2D eigenvalue weighted by Gasteiger charge is 2.18. The lowest BCUT2D eigenvalue weighted by Crippen LogP contribution is -2.23. The summed E-state index contributed by atoms with van der Waals surface area (Å²) >= 11 is 0. The Morgan fingerprint density at radius 3 is 2.44 bits per heavy atom. The number of hydrogen-bond donors (Lipinski definition) is 0. The molecule has 0 saturated carbocycles. The van der Waals surface area contributed by atoms with E-state index >= 15 is 0 Å². The predicted octanol–water partition coefficient (Wildman–Crippen LogP) is 3.02. The molecule has 8 heteroatoms. The Kier molecular flexibility index (Phi) is 5.67. The van der Waals surface area contributed by atoms with Gasteiger partial charge in [-0.25, -0.2) is 4.79 Å². The van der Waals surface area contributed by atoms with Crippen LogP contribution in [-0.2, 0) is 9.53 Å². The highest BCUT2D eigenvalue weighted by atomic mass is 16.6. The molecule has 0 radical (unpaired) electrons. The number of rotatable bonds is 7. The van der Waals surface area contributed by atoms with Gasteiger partial charge in [0.15, 0.2) is 6.10 Å². The smallest absolute Gasteiger partial charge is 0.433 e. The molecule has 2 rings (SSSR count). The minimum Gasteiger partial charge on any atom is -0.497 e. The zero-order valence-corrected chi connectivity index (χ0v) is 13.5. The van der Waals surface area contributed by atoms with Crippen LogP contribution in [0.15, 0.2) is 46.9 Å². The highest BCUT2D eigenvalue weighted by Crippen LogP contribution is 2.17. The van der Waals surface area contributed by atoms with Gasteiger partial charge in [-0.3, -0.25) is 14.9 Å². The first kappa shape index (κ1) is 17.9. The number of ether oxygens (including phenoxy) is 2. The quantitative estimate of drug-likeness (QED) is 0.249. The Morgan fingerprint density at radius 1 is 1.20 bits per heavy atom. The zero-order valence-electron chi connectivity index (χ0n) is 13.5. The molecule has 0 aliphatic rings. The van der Waals surface area contributed by atoms with Crippen molar-refractivity contribution in [1.82, 2.24) is 0 Å². The number of ketones is 1. The SMILES string of the molecule is COc1ccc(C(=O)[C@H](C)OC(=O)/C=C/c2ccc([N+](=O)[O-])o2)cc1. The van der Waals surface area contributed by atoms with E-state index in [9.17, 15) is 19.7 Å². The topological polar surface area (TPSA) is 109 Å². The molecule has 1 aromatic carbocycles. The molecule has 1 aromatic heterocycles. The molecule has 1 atom stereocenters. The average molecular weight is 345 g/mol. The van der Waals surface area contributed by atoms with Gasteiger partial charge in [-0.15, -0.1) is 0 Å². The van der Waals surface area contributed by atoms with Crippen LogP contribution in [-0.4, -0.2) is 29.9 Å². The van der Waals surface area contributed by atoms with Crippen molar-refractivity contribution in [2.24, 2.45) is 0 Å². The largest absolute Gasteiger partial charge is 0.497 e. The average Bonchev–Trinajstić information content (AvgIpc) is 3.08. The van der Waals surface area contributed by atoms with Gasteiger partial charge in [0.25, 0.3) is 0 Å². The lowest BCUT2D eigenvalue weighted by atomic mass is 10.1. The van der Waals surface area contributed by atoms with E-state index in [2.05, 4.69) is 0 Å². The van der Waals surface area contributed by atoms with Gasteiger partial charge in [-0.05, 0) is 43.3 Å². The lowest BCUT2D eigenvalue weighted by Gasteiger charge is -2.11. The molecule has 0 bridgehead atoms. The fourth-order valence-corrected chi connectivity index (χ4v) is 1.94. The van der Waals surface area contributed by atoms with E-state index in [0.717, 1.165) is 6.08 Å². The monoisotopic (exact) mass is 345 g/mol. The van der Waals surface area contributed by atoms with Crippen LogP contribution in [0, 0.1) is 10.1 Å². The normalized spacial score (nSPS) is 11.9. The van der Waals surface area contributed by atoms with E-state index in [4.69, 9.17) is 13.9 Å². The first-order chi connectivity index (χ1) is 11.9. The maximum absolute atomic E-state index is 12.2. The van der Waals surface area contributed by atoms with Gasteiger partial charge >= 0.3 is 11.9 Å². The molecule has 25 heavy (non-hydrogen) atoms. The number of methoxy groups -OCH3 is 1. The molecule has 0 spiro atoms. The van der Waals surface area contributed by atoms with Crippen LogP contribution in [0.2, 0.25) is 0 Å². The summed E-state index contributed by atoms with van der Waals surface area (Å²) in [7, 11) is 1.52. The maximum Gasteiger partial charge on any atom is 0.433 e. The number of nitrogens with zero attached hydrogens (tertiary/aromatic N) is 1. The van der Waals surface area contributed by atoms with Crippen LogP contribution >= 0.6 is 0 Å². The number of carbonyl (C=O) groups is 2. The molecule has 8 nitrogen and oxygen atoms in total. The fraction of sp³-hybridized carbons (Fsp3) is 0.176. The Morgan fingerprint density at radius 2 is 1.88 bits per heavy atom. The van der Waals surface area contributed by atoms with Crippen LogP contribution in [0.3, 0.4) is 0 Å². The molecule has 130 valence electrons. The molecule has 2 aromatic rings. The number of benzene rings is 1. The van der Waals surface area contributed by atoms with E-state index in [1.807, 2.05) is 0 Å². The standard InChI is InChI=1S/C17H15NO7/c1-11(17(20)12-3-5-13(23-2)6-4-12)24-16(19)10-8-14-7-9-15(25-14)18(21)22/h3-11H,1-2H3/b10-8+/t11-/m0/s1. The van der Waals surface area contributed by atoms with Gasteiger partial charge in [0.2, 0.25) is 5.78 Å². The van der Waals surface area contributed by atoms with E-state index in [0.29, 0.717) is 11.3 Å². The van der Waals surface area contributed by atoms with Gasteiger partial charge in [0, 0.05) is 11.6 Å². The number of esters is 1. The predicted molar refractivity (Wildman–Crippen MR) is 87.3 cm³/mol. The highest BCUT2D eigenvalue weighted by molar-refractivity contribution is 6.01. The van der Waals surface area contributed by atoms with Crippen LogP contribution in [0.4, 0.5) is 5.88 Å². The van der Waals surface area contributed by atoms with Crippen molar-refractivity contribution in [2.45, 2.75) is 13.0 Å². The summed E-state index contributed by atoms with van der Waals surface area (Å²) in [5.41, 5.74) is 0.381. The summed E-state index contributed by atoms with van der Waals surface area (Å²) in [5, 5.41) is 10.5. The molecular formula is C17H15NO7. The van der Waals surface area contributed by atoms with Crippen molar-refractivity contribution in [2.75, 3.05) is 7.11 Å². The third kappa shape index (κ3) is 4.77. The Bertz CT molecular complexity index is 805. The van der Waals surface area contributed by atoms with E-state index in [1.165, 1.54) is 32.2 Å². The molecule has 0 aliphatic heterocycles. The molecule has 0 aliphatic carbocycles. The fourth-order valence-electron chi connectivity index (χ4n) is 1.94. The summed E-state index contributed by atoms with van der Waals surface area (Å²) in [5.74, 6) is -0.836. The maximum atomic E-state index is 12.2. The van der Waals surface area contributed by atoms with Gasteiger partial charge in [-0.1, -0.05) is 0 Å². The summed E-state index contributed by atoms with van der Waals surface area (Å²) in [4.78, 5) is 33.8. The van der Waals surface area contributed by atoms with Crippen molar-refractivity contribution >= 4 is 23.7 Å². The van der Waals surface area contributed by atoms with Crippen LogP contribution in [0.1, 0.15) is 23.0 Å². The molecule has 0 saturated heterocycles. The molecule has 0 fully saturated rings. The first-order valence-electron chi connectivity index (χ1n) is 7.22. The summed E-state index contributed by atoms with van der Waals surface area (Å²) in [6.07, 6.45) is 1.26. The van der Waals surface area contributed by atoms with E-state index in [-0.39, 0.29) is 11.5 Å². The van der Waals surface area contributed by atoms with Gasteiger partial charge in [0.1, 0.15) is 16.4 Å². The Hall–Kier alpha value is -3.42. The second kappa shape index (κ2) is 7.91. The van der Waals surface area contributed by atoms with Crippen molar-refractivity contribution in [3.8, 4) is 5.75 Å².